The van der Waals surface area contributed by atoms with Gasteiger partial charge >= 0.3 is 12.1 Å². The smallest absolute Gasteiger partial charge is 0.408 e. The largest absolute Gasteiger partial charge is 0.467 e. The number of nitrogens with zero attached hydrogens (tertiary/aromatic N) is 4. The number of carbonyl (C=O) groups is 2. The summed E-state index contributed by atoms with van der Waals surface area (Å²) in [7, 11) is 1.28. The van der Waals surface area contributed by atoms with Crippen LogP contribution in [-0.4, -0.2) is 72.9 Å². The van der Waals surface area contributed by atoms with Crippen molar-refractivity contribution in [2.45, 2.75) is 95.8 Å². The van der Waals surface area contributed by atoms with Gasteiger partial charge in [-0.15, -0.1) is 5.10 Å². The van der Waals surface area contributed by atoms with E-state index in [9.17, 15) is 14.8 Å². The molecule has 2 rings (SSSR count). The summed E-state index contributed by atoms with van der Waals surface area (Å²) < 4.78 is 11.9. The van der Waals surface area contributed by atoms with Gasteiger partial charge in [0.1, 0.15) is 11.6 Å². The van der Waals surface area contributed by atoms with E-state index in [0.29, 0.717) is 11.5 Å². The van der Waals surface area contributed by atoms with Crippen LogP contribution in [0.5, 0.6) is 0 Å². The Morgan fingerprint density at radius 1 is 1.28 bits per heavy atom. The summed E-state index contributed by atoms with van der Waals surface area (Å²) in [6, 6.07) is -0.711. The van der Waals surface area contributed by atoms with Crippen LogP contribution in [0.4, 0.5) is 4.79 Å². The number of hydrogen-bond acceptors (Lipinski definition) is 9. The number of nitrogens with one attached hydrogen (secondary N) is 1. The van der Waals surface area contributed by atoms with Crippen molar-refractivity contribution in [3.8, 4) is 0 Å². The first-order valence-electron chi connectivity index (χ1n) is 10.7. The lowest BCUT2D eigenvalue weighted by Gasteiger charge is -2.51. The van der Waals surface area contributed by atoms with Crippen LogP contribution in [0.3, 0.4) is 0 Å². The molecule has 1 saturated heterocycles. The molecule has 1 aromatic heterocycles. The van der Waals surface area contributed by atoms with Crippen molar-refractivity contribution in [2.75, 3.05) is 12.9 Å². The summed E-state index contributed by atoms with van der Waals surface area (Å²) >= 11 is 1.44. The van der Waals surface area contributed by atoms with Crippen LogP contribution in [0.2, 0.25) is 0 Å². The normalized spacial score (nSPS) is 19.9. The van der Waals surface area contributed by atoms with Crippen molar-refractivity contribution in [2.24, 2.45) is 0 Å². The lowest BCUT2D eigenvalue weighted by atomic mass is 9.79. The number of rotatable bonds is 7. The van der Waals surface area contributed by atoms with Crippen LogP contribution in [0.1, 0.15) is 73.0 Å². The maximum Gasteiger partial charge on any atom is 0.408 e. The summed E-state index contributed by atoms with van der Waals surface area (Å²) in [6.45, 7) is 13.3. The molecule has 2 N–H and O–H groups in total. The molecule has 2 heterocycles. The minimum absolute atomic E-state index is 0.117. The van der Waals surface area contributed by atoms with Gasteiger partial charge in [0.15, 0.2) is 0 Å². The lowest BCUT2D eigenvalue weighted by molar-refractivity contribution is -0.249. The molecular weight excluding hydrogens is 434 g/mol. The number of alkyl carbamates (subject to hydrolysis) is 1. The van der Waals surface area contributed by atoms with Gasteiger partial charge in [-0.3, -0.25) is 0 Å². The van der Waals surface area contributed by atoms with Gasteiger partial charge < -0.3 is 20.0 Å². The van der Waals surface area contributed by atoms with E-state index in [-0.39, 0.29) is 17.1 Å². The molecule has 1 atom stereocenters. The monoisotopic (exact) mass is 471 g/mol. The highest BCUT2D eigenvalue weighted by molar-refractivity contribution is 7.98. The number of ether oxygens (including phenoxy) is 2. The fraction of sp³-hybridized carbons (Fsp3) is 0.810. The average molecular weight is 472 g/mol. The maximum absolute atomic E-state index is 12.1. The fourth-order valence-corrected chi connectivity index (χ4v) is 4.92. The van der Waals surface area contributed by atoms with Gasteiger partial charge in [-0.05, 0) is 61.3 Å². The van der Waals surface area contributed by atoms with Crippen LogP contribution in [-0.2, 0) is 20.0 Å². The quantitative estimate of drug-likeness (QED) is 0.578. The van der Waals surface area contributed by atoms with Crippen molar-refractivity contribution in [3.05, 3.63) is 11.9 Å². The zero-order chi connectivity index (χ0) is 24.3. The Bertz CT molecular complexity index is 787. The van der Waals surface area contributed by atoms with Crippen LogP contribution >= 0.6 is 11.8 Å². The van der Waals surface area contributed by atoms with Gasteiger partial charge in [0.05, 0.1) is 18.8 Å². The van der Waals surface area contributed by atoms with Crippen LogP contribution < -0.4 is 5.32 Å². The second-order valence-electron chi connectivity index (χ2n) is 10.4. The highest BCUT2D eigenvalue weighted by atomic mass is 32.2. The molecule has 0 saturated carbocycles. The molecular formula is C21H37N5O5S. The first-order chi connectivity index (χ1) is 14.6. The summed E-state index contributed by atoms with van der Waals surface area (Å²) in [4.78, 5) is 24.1. The Morgan fingerprint density at radius 2 is 1.88 bits per heavy atom. The van der Waals surface area contributed by atoms with E-state index < -0.39 is 23.7 Å². The first kappa shape index (κ1) is 26.4. The molecule has 0 aromatic carbocycles. The number of methoxy groups -OCH3 is 1. The average Bonchev–Trinajstić information content (AvgIpc) is 3.11. The first-order valence-corrected chi connectivity index (χ1v) is 11.8. The van der Waals surface area contributed by atoms with Crippen LogP contribution in [0.25, 0.3) is 0 Å². The number of piperidine rings is 1. The van der Waals surface area contributed by atoms with Gasteiger partial charge in [-0.1, -0.05) is 5.21 Å². The zero-order valence-electron chi connectivity index (χ0n) is 20.3. The molecule has 0 unspecified atom stereocenters. The molecule has 1 amide bonds. The molecule has 1 aromatic rings. The molecule has 0 bridgehead atoms. The van der Waals surface area contributed by atoms with Gasteiger partial charge in [0.25, 0.3) is 0 Å². The SMILES string of the molecule is COC(=O)[C@@H](CSCc1cn(C2CC(C)(C)N(O)C(C)(C)C2)nn1)NC(=O)OC(C)(C)C. The predicted octanol–water partition coefficient (Wildman–Crippen LogP) is 3.16. The molecule has 10 nitrogen and oxygen atoms in total. The third-order valence-electron chi connectivity index (χ3n) is 5.26. The van der Waals surface area contributed by atoms with E-state index in [4.69, 9.17) is 9.47 Å². The van der Waals surface area contributed by atoms with Crippen molar-refractivity contribution < 1.29 is 24.3 Å². The Morgan fingerprint density at radius 3 is 2.41 bits per heavy atom. The van der Waals surface area contributed by atoms with Crippen LogP contribution in [0, 0.1) is 0 Å². The second kappa shape index (κ2) is 9.96. The second-order valence-corrected chi connectivity index (χ2v) is 11.5. The lowest BCUT2D eigenvalue weighted by Crippen LogP contribution is -2.59. The van der Waals surface area contributed by atoms with Gasteiger partial charge in [0.2, 0.25) is 0 Å². The predicted molar refractivity (Wildman–Crippen MR) is 121 cm³/mol. The van der Waals surface area contributed by atoms with Crippen molar-refractivity contribution in [3.63, 3.8) is 0 Å². The number of hydroxylamine groups is 2. The minimum Gasteiger partial charge on any atom is -0.467 e. The number of carbonyl (C=O) groups excluding carboxylic acids is 2. The molecule has 1 aliphatic rings. The summed E-state index contributed by atoms with van der Waals surface area (Å²) in [5, 5.41) is 23.1. The highest BCUT2D eigenvalue weighted by Crippen LogP contribution is 2.41. The Balaban J connectivity index is 1.95. The van der Waals surface area contributed by atoms with E-state index in [1.54, 1.807) is 20.8 Å². The molecule has 11 heteroatoms. The number of amides is 1. The van der Waals surface area contributed by atoms with Crippen molar-refractivity contribution in [1.82, 2.24) is 25.4 Å². The summed E-state index contributed by atoms with van der Waals surface area (Å²) in [5.74, 6) is 0.295. The van der Waals surface area contributed by atoms with Crippen molar-refractivity contribution in [1.29, 1.82) is 0 Å². The van der Waals surface area contributed by atoms with Gasteiger partial charge in [-0.2, -0.15) is 16.8 Å². The molecule has 182 valence electrons. The van der Waals surface area contributed by atoms with Crippen molar-refractivity contribution >= 4 is 23.8 Å². The van der Waals surface area contributed by atoms with E-state index in [2.05, 4.69) is 15.6 Å². The number of hydrogen-bond donors (Lipinski definition) is 2. The standard InChI is InChI=1S/C21H37N5O5S/c1-19(2,3)31-18(28)22-16(17(27)30-8)13-32-12-14-11-25(24-23-14)15-9-20(4,5)26(29)21(6,7)10-15/h11,15-16,29H,9-10,12-13H2,1-8H3,(H,22,28)/t16-/m1/s1. The Hall–Kier alpha value is -1.85. The Kier molecular flexibility index (Phi) is 8.22. The van der Waals surface area contributed by atoms with E-state index in [1.807, 2.05) is 38.6 Å². The fourth-order valence-electron chi connectivity index (χ4n) is 4.00. The minimum atomic E-state index is -0.828. The number of aromatic nitrogens is 3. The molecule has 32 heavy (non-hydrogen) atoms. The summed E-state index contributed by atoms with van der Waals surface area (Å²) in [5.41, 5.74) is -0.646. The maximum atomic E-state index is 12.1. The summed E-state index contributed by atoms with van der Waals surface area (Å²) in [6.07, 6.45) is 2.73. The highest BCUT2D eigenvalue weighted by Gasteiger charge is 2.45. The zero-order valence-corrected chi connectivity index (χ0v) is 21.2. The molecule has 0 radical (unpaired) electrons. The van der Waals surface area contributed by atoms with Crippen LogP contribution in [0.15, 0.2) is 6.20 Å². The number of thioether (sulfide) groups is 1. The Labute approximate surface area is 194 Å². The van der Waals surface area contributed by atoms with E-state index in [0.717, 1.165) is 18.5 Å². The third-order valence-corrected chi connectivity index (χ3v) is 6.33. The molecule has 1 aliphatic heterocycles. The van der Waals surface area contributed by atoms with Gasteiger partial charge in [-0.25, -0.2) is 14.3 Å². The van der Waals surface area contributed by atoms with E-state index >= 15 is 0 Å². The van der Waals surface area contributed by atoms with Gasteiger partial charge in [0, 0.05) is 28.8 Å². The number of esters is 1. The third kappa shape index (κ3) is 7.08. The molecule has 1 fully saturated rings. The van der Waals surface area contributed by atoms with E-state index in [1.165, 1.54) is 23.9 Å². The molecule has 0 spiro atoms. The molecule has 0 aliphatic carbocycles. The topological polar surface area (TPSA) is 119 Å².